The molecule has 0 fully saturated rings. The third-order valence-corrected chi connectivity index (χ3v) is 2.94. The van der Waals surface area contributed by atoms with Gasteiger partial charge in [-0.15, -0.1) is 0 Å². The third kappa shape index (κ3) is 3.63. The van der Waals surface area contributed by atoms with E-state index in [2.05, 4.69) is 40.1 Å². The molecule has 1 amide bonds. The average molecular weight is 288 g/mol. The Kier molecular flexibility index (Phi) is 4.99. The van der Waals surface area contributed by atoms with Gasteiger partial charge in [-0.2, -0.15) is 0 Å². The Bertz CT molecular complexity index is 349. The number of carbonyl (C=O) groups is 1. The van der Waals surface area contributed by atoms with E-state index in [0.29, 0.717) is 11.6 Å². The van der Waals surface area contributed by atoms with Crippen LogP contribution in [0.5, 0.6) is 0 Å². The molecule has 1 atom stereocenters. The predicted molar refractivity (Wildman–Crippen MR) is 67.7 cm³/mol. The molecule has 4 nitrogen and oxygen atoms in total. The highest BCUT2D eigenvalue weighted by Crippen LogP contribution is 2.08. The molecule has 0 saturated carbocycles. The zero-order valence-electron chi connectivity index (χ0n) is 9.90. The molecule has 1 aromatic rings. The quantitative estimate of drug-likeness (QED) is 0.842. The smallest absolute Gasteiger partial charge is 0.271 e. The zero-order chi connectivity index (χ0) is 12.1. The summed E-state index contributed by atoms with van der Waals surface area (Å²) in [6.07, 6.45) is 4.28. The molecule has 1 N–H and O–H groups in total. The van der Waals surface area contributed by atoms with Crippen LogP contribution in [0.1, 0.15) is 30.8 Å². The van der Waals surface area contributed by atoms with E-state index in [0.717, 1.165) is 11.8 Å². The van der Waals surface area contributed by atoms with Crippen LogP contribution in [0.15, 0.2) is 12.5 Å². The topological polar surface area (TPSA) is 46.9 Å². The maximum absolute atomic E-state index is 11.8. The van der Waals surface area contributed by atoms with Gasteiger partial charge >= 0.3 is 0 Å². The second kappa shape index (κ2) is 6.03. The number of aromatic nitrogens is 2. The van der Waals surface area contributed by atoms with Gasteiger partial charge in [-0.3, -0.25) is 4.79 Å². The second-order valence-electron chi connectivity index (χ2n) is 4.23. The molecule has 0 bridgehead atoms. The van der Waals surface area contributed by atoms with E-state index in [4.69, 9.17) is 0 Å². The van der Waals surface area contributed by atoms with Gasteiger partial charge in [-0.25, -0.2) is 4.98 Å². The fourth-order valence-electron chi connectivity index (χ4n) is 1.46. The number of carbonyl (C=O) groups excluding carboxylic acids is 1. The SMILES string of the molecule is CC(C)C(CCBr)NC(=O)c1cn(C)cn1. The zero-order valence-corrected chi connectivity index (χ0v) is 11.5. The molecule has 90 valence electrons. The van der Waals surface area contributed by atoms with Crippen LogP contribution >= 0.6 is 15.9 Å². The van der Waals surface area contributed by atoms with Crippen molar-refractivity contribution in [3.05, 3.63) is 18.2 Å². The van der Waals surface area contributed by atoms with Crippen LogP contribution in [-0.4, -0.2) is 26.8 Å². The van der Waals surface area contributed by atoms with E-state index in [-0.39, 0.29) is 11.9 Å². The molecule has 0 aliphatic rings. The van der Waals surface area contributed by atoms with Crippen molar-refractivity contribution in [2.24, 2.45) is 13.0 Å². The standard InChI is InChI=1S/C11H18BrN3O/c1-8(2)9(4-5-12)14-11(16)10-6-15(3)7-13-10/h6-9H,4-5H2,1-3H3,(H,14,16). The maximum Gasteiger partial charge on any atom is 0.271 e. The van der Waals surface area contributed by atoms with Crippen molar-refractivity contribution in [1.82, 2.24) is 14.9 Å². The highest BCUT2D eigenvalue weighted by Gasteiger charge is 2.17. The van der Waals surface area contributed by atoms with Crippen molar-refractivity contribution < 1.29 is 4.79 Å². The summed E-state index contributed by atoms with van der Waals surface area (Å²) in [4.78, 5) is 15.9. The molecular formula is C11H18BrN3O. The van der Waals surface area contributed by atoms with Gasteiger partial charge in [0.1, 0.15) is 5.69 Å². The lowest BCUT2D eigenvalue weighted by Gasteiger charge is -2.20. The lowest BCUT2D eigenvalue weighted by atomic mass is 10.0. The lowest BCUT2D eigenvalue weighted by Crippen LogP contribution is -2.39. The Labute approximate surface area is 105 Å². The Balaban J connectivity index is 2.61. The third-order valence-electron chi connectivity index (χ3n) is 2.48. The van der Waals surface area contributed by atoms with Crippen LogP contribution in [0.4, 0.5) is 0 Å². The Morgan fingerprint density at radius 3 is 2.75 bits per heavy atom. The summed E-state index contributed by atoms with van der Waals surface area (Å²) in [6.45, 7) is 4.21. The van der Waals surface area contributed by atoms with E-state index >= 15 is 0 Å². The highest BCUT2D eigenvalue weighted by atomic mass is 79.9. The number of alkyl halides is 1. The fraction of sp³-hybridized carbons (Fsp3) is 0.636. The first-order valence-electron chi connectivity index (χ1n) is 5.39. The summed E-state index contributed by atoms with van der Waals surface area (Å²) in [5.41, 5.74) is 0.475. The monoisotopic (exact) mass is 287 g/mol. The summed E-state index contributed by atoms with van der Waals surface area (Å²) < 4.78 is 1.77. The number of hydrogen-bond donors (Lipinski definition) is 1. The van der Waals surface area contributed by atoms with Gasteiger partial charge in [0.2, 0.25) is 0 Å². The van der Waals surface area contributed by atoms with Gasteiger partial charge in [0.25, 0.3) is 5.91 Å². The molecule has 0 aromatic carbocycles. The van der Waals surface area contributed by atoms with Crippen LogP contribution in [0.2, 0.25) is 0 Å². The molecule has 1 heterocycles. The van der Waals surface area contributed by atoms with Gasteiger partial charge < -0.3 is 9.88 Å². The lowest BCUT2D eigenvalue weighted by molar-refractivity contribution is 0.0920. The number of amides is 1. The van der Waals surface area contributed by atoms with Gasteiger partial charge in [-0.1, -0.05) is 29.8 Å². The normalized spacial score (nSPS) is 12.8. The van der Waals surface area contributed by atoms with Crippen LogP contribution < -0.4 is 5.32 Å². The molecule has 0 aliphatic carbocycles. The summed E-state index contributed by atoms with van der Waals surface area (Å²) in [5, 5.41) is 3.89. The van der Waals surface area contributed by atoms with Gasteiger partial charge in [0, 0.05) is 24.6 Å². The fourth-order valence-corrected chi connectivity index (χ4v) is 1.96. The Hall–Kier alpha value is -0.840. The minimum Gasteiger partial charge on any atom is -0.348 e. The number of aryl methyl sites for hydroxylation is 1. The largest absolute Gasteiger partial charge is 0.348 e. The van der Waals surface area contributed by atoms with Crippen molar-refractivity contribution in [2.45, 2.75) is 26.3 Å². The Morgan fingerprint density at radius 2 is 2.31 bits per heavy atom. The predicted octanol–water partition coefficient (Wildman–Crippen LogP) is 1.96. The van der Waals surface area contributed by atoms with Crippen LogP contribution in [0.3, 0.4) is 0 Å². The van der Waals surface area contributed by atoms with E-state index < -0.39 is 0 Å². The van der Waals surface area contributed by atoms with Crippen molar-refractivity contribution in [1.29, 1.82) is 0 Å². The first-order valence-corrected chi connectivity index (χ1v) is 6.51. The minimum atomic E-state index is -0.0970. The molecule has 0 aliphatic heterocycles. The van der Waals surface area contributed by atoms with E-state index in [1.807, 2.05) is 7.05 Å². The summed E-state index contributed by atoms with van der Waals surface area (Å²) in [7, 11) is 1.85. The Morgan fingerprint density at radius 1 is 1.62 bits per heavy atom. The van der Waals surface area contributed by atoms with Crippen LogP contribution in [-0.2, 0) is 7.05 Å². The molecule has 1 rings (SSSR count). The van der Waals surface area contributed by atoms with E-state index in [1.54, 1.807) is 17.1 Å². The number of halogens is 1. The molecule has 1 aromatic heterocycles. The van der Waals surface area contributed by atoms with Crippen LogP contribution in [0.25, 0.3) is 0 Å². The number of nitrogens with one attached hydrogen (secondary N) is 1. The first-order chi connectivity index (χ1) is 7.54. The van der Waals surface area contributed by atoms with E-state index in [1.165, 1.54) is 0 Å². The number of hydrogen-bond acceptors (Lipinski definition) is 2. The maximum atomic E-state index is 11.8. The highest BCUT2D eigenvalue weighted by molar-refractivity contribution is 9.09. The molecule has 0 spiro atoms. The molecule has 16 heavy (non-hydrogen) atoms. The molecule has 0 saturated heterocycles. The van der Waals surface area contributed by atoms with Crippen molar-refractivity contribution in [3.8, 4) is 0 Å². The molecule has 5 heteroatoms. The molecule has 0 radical (unpaired) electrons. The van der Waals surface area contributed by atoms with E-state index in [9.17, 15) is 4.79 Å². The summed E-state index contributed by atoms with van der Waals surface area (Å²) in [5.74, 6) is 0.325. The number of imidazole rings is 1. The van der Waals surface area contributed by atoms with Crippen molar-refractivity contribution in [3.63, 3.8) is 0 Å². The molecular weight excluding hydrogens is 270 g/mol. The summed E-state index contributed by atoms with van der Waals surface area (Å²) in [6, 6.07) is 0.189. The van der Waals surface area contributed by atoms with Crippen molar-refractivity contribution >= 4 is 21.8 Å². The minimum absolute atomic E-state index is 0.0970. The van der Waals surface area contributed by atoms with Gasteiger partial charge in [0.15, 0.2) is 0 Å². The van der Waals surface area contributed by atoms with Crippen LogP contribution in [0, 0.1) is 5.92 Å². The summed E-state index contributed by atoms with van der Waals surface area (Å²) >= 11 is 3.40. The number of nitrogens with zero attached hydrogens (tertiary/aromatic N) is 2. The van der Waals surface area contributed by atoms with Gasteiger partial charge in [-0.05, 0) is 12.3 Å². The molecule has 1 unspecified atom stereocenters. The average Bonchev–Trinajstić information content (AvgIpc) is 2.64. The first kappa shape index (κ1) is 13.2. The van der Waals surface area contributed by atoms with Crippen molar-refractivity contribution in [2.75, 3.05) is 5.33 Å². The second-order valence-corrected chi connectivity index (χ2v) is 5.02. The van der Waals surface area contributed by atoms with Gasteiger partial charge in [0.05, 0.1) is 6.33 Å². The number of rotatable bonds is 5.